The molecule has 1 aromatic heterocycles. The van der Waals surface area contributed by atoms with Crippen molar-refractivity contribution < 1.29 is 0 Å². The largest absolute Gasteiger partial charge is 0.359 e. The van der Waals surface area contributed by atoms with Gasteiger partial charge in [-0.2, -0.15) is 0 Å². The standard InChI is InChI=1S/C54H37N3/c1-4-16-36(17-5-1)40-25-14-27-45-43(40)26-15-28-46(45)50-35-51(56-54(55-50)37-18-6-2-7-19-37)47-32-31-41(42-22-10-11-23-44(42)47)38-30-33-53-49(34-38)48-24-12-13-29-52(48)57(53)39-20-8-3-9-21-39/h1-35,50H,(H,55,56). The summed E-state index contributed by atoms with van der Waals surface area (Å²) in [4.78, 5) is 5.37. The van der Waals surface area contributed by atoms with Gasteiger partial charge in [0.15, 0.2) is 0 Å². The number of hydrogen-bond donors (Lipinski definition) is 1. The Bertz CT molecular complexity index is 3190. The Kier molecular flexibility index (Phi) is 7.89. The number of nitrogens with zero attached hydrogens (tertiary/aromatic N) is 2. The number of aromatic nitrogens is 1. The quantitative estimate of drug-likeness (QED) is 0.182. The molecule has 0 amide bonds. The summed E-state index contributed by atoms with van der Waals surface area (Å²) < 4.78 is 2.37. The highest BCUT2D eigenvalue weighted by molar-refractivity contribution is 6.12. The van der Waals surface area contributed by atoms with Crippen LogP contribution in [0.4, 0.5) is 0 Å². The average Bonchev–Trinajstić information content (AvgIpc) is 3.62. The smallest absolute Gasteiger partial charge is 0.134 e. The van der Waals surface area contributed by atoms with Crippen molar-refractivity contribution in [2.45, 2.75) is 6.04 Å². The minimum atomic E-state index is -0.106. The molecule has 0 aliphatic carbocycles. The van der Waals surface area contributed by atoms with Crippen molar-refractivity contribution in [3.8, 4) is 27.9 Å². The van der Waals surface area contributed by atoms with Crippen molar-refractivity contribution >= 4 is 54.9 Å². The van der Waals surface area contributed by atoms with Crippen molar-refractivity contribution in [2.24, 2.45) is 4.99 Å². The van der Waals surface area contributed by atoms with Crippen molar-refractivity contribution in [1.29, 1.82) is 0 Å². The molecule has 0 fully saturated rings. The molecular formula is C54H37N3. The molecule has 1 N–H and O–H groups in total. The van der Waals surface area contributed by atoms with E-state index in [9.17, 15) is 0 Å². The van der Waals surface area contributed by atoms with Gasteiger partial charge in [0.25, 0.3) is 0 Å². The second kappa shape index (κ2) is 13.7. The maximum atomic E-state index is 5.37. The summed E-state index contributed by atoms with van der Waals surface area (Å²) in [6.07, 6.45) is 2.31. The monoisotopic (exact) mass is 727 g/mol. The first-order valence-electron chi connectivity index (χ1n) is 19.6. The van der Waals surface area contributed by atoms with Crippen molar-refractivity contribution in [1.82, 2.24) is 9.88 Å². The van der Waals surface area contributed by atoms with Crippen molar-refractivity contribution in [3.63, 3.8) is 0 Å². The lowest BCUT2D eigenvalue weighted by atomic mass is 9.90. The van der Waals surface area contributed by atoms with Crippen molar-refractivity contribution in [3.05, 3.63) is 229 Å². The summed E-state index contributed by atoms with van der Waals surface area (Å²) in [7, 11) is 0. The van der Waals surface area contributed by atoms with E-state index in [1.54, 1.807) is 0 Å². The Morgan fingerprint density at radius 1 is 0.386 bits per heavy atom. The number of benzene rings is 9. The fourth-order valence-corrected chi connectivity index (χ4v) is 8.84. The van der Waals surface area contributed by atoms with Gasteiger partial charge in [-0.3, -0.25) is 0 Å². The summed E-state index contributed by atoms with van der Waals surface area (Å²) in [5.41, 5.74) is 12.8. The van der Waals surface area contributed by atoms with Crippen LogP contribution in [0.2, 0.25) is 0 Å². The molecule has 0 bridgehead atoms. The maximum absolute atomic E-state index is 5.37. The van der Waals surface area contributed by atoms with E-state index in [0.717, 1.165) is 28.3 Å². The molecule has 0 saturated carbocycles. The van der Waals surface area contributed by atoms with Crippen LogP contribution in [-0.2, 0) is 0 Å². The molecule has 1 aliphatic rings. The number of nitrogens with one attached hydrogen (secondary N) is 1. The van der Waals surface area contributed by atoms with Crippen molar-refractivity contribution in [2.75, 3.05) is 0 Å². The van der Waals surface area contributed by atoms with E-state index in [4.69, 9.17) is 4.99 Å². The molecule has 3 heteroatoms. The Hall–Kier alpha value is -7.49. The fourth-order valence-electron chi connectivity index (χ4n) is 8.84. The third-order valence-corrected chi connectivity index (χ3v) is 11.5. The molecule has 1 atom stereocenters. The predicted octanol–water partition coefficient (Wildman–Crippen LogP) is 13.6. The Labute approximate surface area is 331 Å². The second-order valence-electron chi connectivity index (χ2n) is 14.7. The van der Waals surface area contributed by atoms with Gasteiger partial charge in [-0.15, -0.1) is 0 Å². The van der Waals surface area contributed by atoms with Gasteiger partial charge in [-0.25, -0.2) is 4.99 Å². The van der Waals surface area contributed by atoms with Crippen LogP contribution >= 0.6 is 0 Å². The molecule has 11 rings (SSSR count). The first kappa shape index (κ1) is 32.9. The van der Waals surface area contributed by atoms with E-state index < -0.39 is 0 Å². The zero-order chi connectivity index (χ0) is 37.7. The maximum Gasteiger partial charge on any atom is 0.134 e. The molecule has 3 nitrogen and oxygen atoms in total. The van der Waals surface area contributed by atoms with Crippen LogP contribution in [0.3, 0.4) is 0 Å². The van der Waals surface area contributed by atoms with Crippen LogP contribution < -0.4 is 5.32 Å². The molecule has 268 valence electrons. The lowest BCUT2D eigenvalue weighted by molar-refractivity contribution is 0.787. The molecule has 0 spiro atoms. The molecule has 0 saturated heterocycles. The van der Waals surface area contributed by atoms with Crippen LogP contribution in [0.15, 0.2) is 217 Å². The van der Waals surface area contributed by atoms with Crippen LogP contribution in [0.25, 0.3) is 77.0 Å². The van der Waals surface area contributed by atoms with E-state index in [1.165, 1.54) is 71.2 Å². The number of fused-ring (bicyclic) bond motifs is 5. The summed E-state index contributed by atoms with van der Waals surface area (Å²) in [6.45, 7) is 0. The molecule has 0 radical (unpaired) electrons. The lowest BCUT2D eigenvalue weighted by Gasteiger charge is -2.26. The number of aliphatic imine (C=N–C) groups is 1. The average molecular weight is 728 g/mol. The van der Waals surface area contributed by atoms with Crippen LogP contribution in [0.1, 0.15) is 22.7 Å². The highest BCUT2D eigenvalue weighted by Gasteiger charge is 2.23. The molecule has 1 unspecified atom stereocenters. The Balaban J connectivity index is 1.07. The van der Waals surface area contributed by atoms with Gasteiger partial charge < -0.3 is 9.88 Å². The second-order valence-corrected chi connectivity index (χ2v) is 14.7. The number of para-hydroxylation sites is 2. The van der Waals surface area contributed by atoms with E-state index >= 15 is 0 Å². The Morgan fingerprint density at radius 3 is 1.74 bits per heavy atom. The third-order valence-electron chi connectivity index (χ3n) is 11.5. The van der Waals surface area contributed by atoms with E-state index in [0.29, 0.717) is 0 Å². The number of rotatable bonds is 6. The molecule has 57 heavy (non-hydrogen) atoms. The minimum Gasteiger partial charge on any atom is -0.359 e. The lowest BCUT2D eigenvalue weighted by Crippen LogP contribution is -2.31. The molecule has 10 aromatic rings. The molecule has 2 heterocycles. The van der Waals surface area contributed by atoms with Gasteiger partial charge in [0.2, 0.25) is 0 Å². The van der Waals surface area contributed by atoms with Gasteiger partial charge in [0.05, 0.1) is 22.8 Å². The summed E-state index contributed by atoms with van der Waals surface area (Å²) >= 11 is 0. The van der Waals surface area contributed by atoms with Crippen LogP contribution in [0.5, 0.6) is 0 Å². The normalized spacial score (nSPS) is 14.1. The zero-order valence-corrected chi connectivity index (χ0v) is 31.2. The van der Waals surface area contributed by atoms with E-state index in [2.05, 4.69) is 222 Å². The van der Waals surface area contributed by atoms with Crippen LogP contribution in [0, 0.1) is 0 Å². The van der Waals surface area contributed by atoms with Gasteiger partial charge in [0, 0.05) is 27.6 Å². The summed E-state index contributed by atoms with van der Waals surface area (Å²) in [6, 6.07) is 74.0. The third kappa shape index (κ3) is 5.63. The zero-order valence-electron chi connectivity index (χ0n) is 31.2. The minimum absolute atomic E-state index is 0.106. The van der Waals surface area contributed by atoms with E-state index in [-0.39, 0.29) is 6.04 Å². The van der Waals surface area contributed by atoms with Gasteiger partial charge in [-0.05, 0) is 85.8 Å². The Morgan fingerprint density at radius 2 is 0.947 bits per heavy atom. The summed E-state index contributed by atoms with van der Waals surface area (Å²) in [5.74, 6) is 0.864. The highest BCUT2D eigenvalue weighted by atomic mass is 15.0. The molecule has 1 aliphatic heterocycles. The predicted molar refractivity (Wildman–Crippen MR) is 240 cm³/mol. The van der Waals surface area contributed by atoms with Crippen LogP contribution in [-0.4, -0.2) is 10.4 Å². The van der Waals surface area contributed by atoms with Gasteiger partial charge in [-0.1, -0.05) is 176 Å². The SMILES string of the molecule is C1=C(c2ccc(-c3ccc4c(c3)c3ccccc3n4-c3ccccc3)c3ccccc23)N=C(c2ccccc2)NC1c1cccc2c(-c3ccccc3)cccc12. The number of amidine groups is 1. The van der Waals surface area contributed by atoms with E-state index in [1.807, 2.05) is 0 Å². The highest BCUT2D eigenvalue weighted by Crippen LogP contribution is 2.41. The summed E-state index contributed by atoms with van der Waals surface area (Å²) in [5, 5.41) is 11.2. The van der Waals surface area contributed by atoms with Gasteiger partial charge in [0.1, 0.15) is 5.84 Å². The topological polar surface area (TPSA) is 29.3 Å². The fraction of sp³-hybridized carbons (Fsp3) is 0.0185. The first-order chi connectivity index (χ1) is 28.3. The first-order valence-corrected chi connectivity index (χ1v) is 19.6. The molecule has 9 aromatic carbocycles. The number of hydrogen-bond acceptors (Lipinski definition) is 2. The van der Waals surface area contributed by atoms with Gasteiger partial charge >= 0.3 is 0 Å². The molecular weight excluding hydrogens is 691 g/mol.